The Labute approximate surface area is 69.5 Å². The molecule has 0 N–H and O–H groups in total. The standard InChI is InChI=1S/C7H10O3S/c1-10-6(9)5(8)7(11-2)3-4-7/h3-4H2,1-2H3. The second-order valence-electron chi connectivity index (χ2n) is 2.52. The third-order valence-electron chi connectivity index (χ3n) is 1.88. The molecule has 0 heterocycles. The predicted octanol–water partition coefficient (Wildman–Crippen LogP) is 0.624. The summed E-state index contributed by atoms with van der Waals surface area (Å²) in [5, 5.41) is 0. The van der Waals surface area contributed by atoms with E-state index < -0.39 is 10.7 Å². The molecule has 0 aliphatic heterocycles. The summed E-state index contributed by atoms with van der Waals surface area (Å²) in [5.41, 5.74) is 0. The summed E-state index contributed by atoms with van der Waals surface area (Å²) in [4.78, 5) is 22.0. The minimum Gasteiger partial charge on any atom is -0.463 e. The smallest absolute Gasteiger partial charge is 0.375 e. The minimum absolute atomic E-state index is 0.382. The fraction of sp³-hybridized carbons (Fsp3) is 0.714. The molecule has 0 radical (unpaired) electrons. The van der Waals surface area contributed by atoms with E-state index >= 15 is 0 Å². The van der Waals surface area contributed by atoms with Gasteiger partial charge in [0.2, 0.25) is 0 Å². The van der Waals surface area contributed by atoms with Crippen molar-refractivity contribution in [3.8, 4) is 0 Å². The highest BCUT2D eigenvalue weighted by Crippen LogP contribution is 2.47. The van der Waals surface area contributed by atoms with Crippen LogP contribution in [0.25, 0.3) is 0 Å². The number of thioether (sulfide) groups is 1. The van der Waals surface area contributed by atoms with E-state index in [2.05, 4.69) is 4.74 Å². The van der Waals surface area contributed by atoms with Crippen LogP contribution < -0.4 is 0 Å². The molecular weight excluding hydrogens is 164 g/mol. The zero-order valence-corrected chi connectivity index (χ0v) is 7.36. The van der Waals surface area contributed by atoms with Crippen molar-refractivity contribution in [3.63, 3.8) is 0 Å². The molecule has 1 aliphatic rings. The lowest BCUT2D eigenvalue weighted by molar-refractivity contribution is -0.151. The lowest BCUT2D eigenvalue weighted by Crippen LogP contribution is -2.28. The highest BCUT2D eigenvalue weighted by Gasteiger charge is 2.52. The van der Waals surface area contributed by atoms with Crippen LogP contribution in [0.1, 0.15) is 12.8 Å². The third-order valence-corrected chi connectivity index (χ3v) is 3.25. The SMILES string of the molecule is COC(=O)C(=O)C1(SC)CC1. The van der Waals surface area contributed by atoms with Crippen LogP contribution >= 0.6 is 11.8 Å². The third kappa shape index (κ3) is 1.40. The first-order valence-electron chi connectivity index (χ1n) is 3.34. The number of methoxy groups -OCH3 is 1. The van der Waals surface area contributed by atoms with Gasteiger partial charge in [0, 0.05) is 0 Å². The zero-order chi connectivity index (χ0) is 8.48. The number of hydrogen-bond acceptors (Lipinski definition) is 4. The van der Waals surface area contributed by atoms with E-state index in [-0.39, 0.29) is 5.78 Å². The number of carbonyl (C=O) groups is 2. The van der Waals surface area contributed by atoms with Crippen molar-refractivity contribution in [2.45, 2.75) is 17.6 Å². The Bertz CT molecular complexity index is 196. The molecule has 0 amide bonds. The molecule has 0 aromatic carbocycles. The number of hydrogen-bond donors (Lipinski definition) is 0. The first-order chi connectivity index (χ1) is 5.16. The van der Waals surface area contributed by atoms with Crippen LogP contribution in [-0.2, 0) is 14.3 Å². The lowest BCUT2D eigenvalue weighted by atomic mass is 10.2. The highest BCUT2D eigenvalue weighted by molar-refractivity contribution is 8.01. The molecule has 0 unspecified atom stereocenters. The van der Waals surface area contributed by atoms with Gasteiger partial charge >= 0.3 is 5.97 Å². The topological polar surface area (TPSA) is 43.4 Å². The van der Waals surface area contributed by atoms with E-state index in [0.29, 0.717) is 0 Å². The molecule has 0 saturated heterocycles. The van der Waals surface area contributed by atoms with Crippen molar-refractivity contribution in [2.24, 2.45) is 0 Å². The molecule has 1 fully saturated rings. The summed E-state index contributed by atoms with van der Waals surface area (Å²) in [7, 11) is 1.23. The maximum Gasteiger partial charge on any atom is 0.375 e. The van der Waals surface area contributed by atoms with Crippen LogP contribution in [0, 0.1) is 0 Å². The Balaban J connectivity index is 2.61. The molecule has 3 nitrogen and oxygen atoms in total. The van der Waals surface area contributed by atoms with Gasteiger partial charge in [0.1, 0.15) is 0 Å². The first kappa shape index (κ1) is 8.59. The Hall–Kier alpha value is -0.510. The number of esters is 1. The number of ether oxygens (including phenoxy) is 1. The van der Waals surface area contributed by atoms with Gasteiger partial charge in [0.05, 0.1) is 11.9 Å². The van der Waals surface area contributed by atoms with Gasteiger partial charge in [0.25, 0.3) is 5.78 Å². The first-order valence-corrected chi connectivity index (χ1v) is 4.56. The molecule has 11 heavy (non-hydrogen) atoms. The Morgan fingerprint density at radius 3 is 2.27 bits per heavy atom. The number of ketones is 1. The van der Waals surface area contributed by atoms with E-state index in [4.69, 9.17) is 0 Å². The molecule has 0 atom stereocenters. The largest absolute Gasteiger partial charge is 0.463 e. The van der Waals surface area contributed by atoms with E-state index in [0.717, 1.165) is 12.8 Å². The van der Waals surface area contributed by atoms with Crippen LogP contribution in [0.2, 0.25) is 0 Å². The predicted molar refractivity (Wildman–Crippen MR) is 42.5 cm³/mol. The fourth-order valence-corrected chi connectivity index (χ4v) is 1.70. The highest BCUT2D eigenvalue weighted by atomic mass is 32.2. The minimum atomic E-state index is -0.711. The van der Waals surface area contributed by atoms with Crippen molar-refractivity contribution in [3.05, 3.63) is 0 Å². The fourth-order valence-electron chi connectivity index (χ4n) is 0.916. The van der Waals surface area contributed by atoms with Crippen molar-refractivity contribution >= 4 is 23.5 Å². The second-order valence-corrected chi connectivity index (χ2v) is 3.71. The van der Waals surface area contributed by atoms with Crippen LogP contribution in [0.3, 0.4) is 0 Å². The van der Waals surface area contributed by atoms with E-state index in [1.807, 2.05) is 6.26 Å². The molecular formula is C7H10O3S. The van der Waals surface area contributed by atoms with E-state index in [1.165, 1.54) is 18.9 Å². The van der Waals surface area contributed by atoms with Gasteiger partial charge in [-0.05, 0) is 19.1 Å². The van der Waals surface area contributed by atoms with E-state index in [9.17, 15) is 9.59 Å². The summed E-state index contributed by atoms with van der Waals surface area (Å²) in [6.07, 6.45) is 3.46. The summed E-state index contributed by atoms with van der Waals surface area (Å²) in [6, 6.07) is 0. The molecule has 0 bridgehead atoms. The average molecular weight is 174 g/mol. The van der Waals surface area contributed by atoms with Crippen molar-refractivity contribution in [1.82, 2.24) is 0 Å². The van der Waals surface area contributed by atoms with Crippen molar-refractivity contribution in [1.29, 1.82) is 0 Å². The molecule has 0 spiro atoms. The van der Waals surface area contributed by atoms with Crippen LogP contribution in [0.4, 0.5) is 0 Å². The Morgan fingerprint density at radius 1 is 1.45 bits per heavy atom. The lowest BCUT2D eigenvalue weighted by Gasteiger charge is -2.06. The zero-order valence-electron chi connectivity index (χ0n) is 6.55. The average Bonchev–Trinajstić information content (AvgIpc) is 2.82. The molecule has 0 aromatic rings. The van der Waals surface area contributed by atoms with Gasteiger partial charge in [-0.25, -0.2) is 4.79 Å². The Kier molecular flexibility index (Phi) is 2.23. The van der Waals surface area contributed by atoms with Crippen molar-refractivity contribution < 1.29 is 14.3 Å². The Morgan fingerprint density at radius 2 is 2.00 bits per heavy atom. The van der Waals surface area contributed by atoms with Gasteiger partial charge in [-0.1, -0.05) is 0 Å². The summed E-state index contributed by atoms with van der Waals surface area (Å²) < 4.78 is 3.91. The molecule has 1 rings (SSSR count). The normalized spacial score (nSPS) is 19.1. The molecule has 0 aromatic heterocycles. The van der Waals surface area contributed by atoms with Gasteiger partial charge in [-0.15, -0.1) is 11.8 Å². The van der Waals surface area contributed by atoms with Gasteiger partial charge in [0.15, 0.2) is 0 Å². The van der Waals surface area contributed by atoms with Crippen molar-refractivity contribution in [2.75, 3.05) is 13.4 Å². The second kappa shape index (κ2) is 2.85. The molecule has 1 aliphatic carbocycles. The van der Waals surface area contributed by atoms with Gasteiger partial charge in [-0.3, -0.25) is 4.79 Å². The summed E-state index contributed by atoms with van der Waals surface area (Å²) in [5.74, 6) is -1.09. The number of Topliss-reactive ketones (excluding diaryl/α,β-unsaturated/α-hetero) is 1. The molecule has 1 saturated carbocycles. The van der Waals surface area contributed by atoms with E-state index in [1.54, 1.807) is 0 Å². The van der Waals surface area contributed by atoms with Gasteiger partial charge in [-0.2, -0.15) is 0 Å². The number of carbonyl (C=O) groups excluding carboxylic acids is 2. The maximum atomic E-state index is 11.2. The van der Waals surface area contributed by atoms with Crippen LogP contribution in [-0.4, -0.2) is 29.9 Å². The maximum absolute atomic E-state index is 11.2. The monoisotopic (exact) mass is 174 g/mol. The molecule has 4 heteroatoms. The number of rotatable bonds is 3. The quantitative estimate of drug-likeness (QED) is 0.465. The van der Waals surface area contributed by atoms with Crippen LogP contribution in [0.5, 0.6) is 0 Å². The van der Waals surface area contributed by atoms with Gasteiger partial charge < -0.3 is 4.74 Å². The summed E-state index contributed by atoms with van der Waals surface area (Å²) in [6.45, 7) is 0. The summed E-state index contributed by atoms with van der Waals surface area (Å²) >= 11 is 1.44. The molecule has 62 valence electrons. The van der Waals surface area contributed by atoms with Crippen LogP contribution in [0.15, 0.2) is 0 Å².